The van der Waals surface area contributed by atoms with Crippen LogP contribution in [0.1, 0.15) is 29.9 Å². The van der Waals surface area contributed by atoms with Gasteiger partial charge in [0.2, 0.25) is 0 Å². The highest BCUT2D eigenvalue weighted by atomic mass is 35.5. The van der Waals surface area contributed by atoms with Crippen LogP contribution < -0.4 is 5.43 Å². The molecule has 5 heteroatoms. The summed E-state index contributed by atoms with van der Waals surface area (Å²) in [7, 11) is 0. The number of carbonyl (C=O) groups is 1. The predicted octanol–water partition coefficient (Wildman–Crippen LogP) is 4.07. The van der Waals surface area contributed by atoms with Crippen molar-refractivity contribution in [3.05, 3.63) is 34.2 Å². The Morgan fingerprint density at radius 1 is 1.44 bits per heavy atom. The van der Waals surface area contributed by atoms with Crippen molar-refractivity contribution < 1.29 is 4.79 Å². The fourth-order valence-electron chi connectivity index (χ4n) is 1.44. The van der Waals surface area contributed by atoms with Gasteiger partial charge in [-0.2, -0.15) is 5.10 Å². The number of hydrogen-bond acceptors (Lipinski definition) is 3. The third-order valence-corrected chi connectivity index (χ3v) is 4.28. The van der Waals surface area contributed by atoms with E-state index in [9.17, 15) is 4.79 Å². The maximum Gasteiger partial charge on any atom is 0.283 e. The Morgan fingerprint density at radius 2 is 2.17 bits per heavy atom. The molecule has 1 N–H and O–H groups in total. The summed E-state index contributed by atoms with van der Waals surface area (Å²) < 4.78 is 1.00. The SMILES string of the molecule is CCC(C)=NNC(=O)c1sc2ccccc2c1Cl. The van der Waals surface area contributed by atoms with Crippen LogP contribution in [0.15, 0.2) is 29.4 Å². The molecule has 1 heterocycles. The highest BCUT2D eigenvalue weighted by Gasteiger charge is 2.16. The molecule has 0 aliphatic carbocycles. The average molecular weight is 281 g/mol. The third-order valence-electron chi connectivity index (χ3n) is 2.60. The Balaban J connectivity index is 2.31. The molecule has 0 saturated heterocycles. The first-order valence-corrected chi connectivity index (χ1v) is 6.83. The lowest BCUT2D eigenvalue weighted by molar-refractivity contribution is 0.0959. The van der Waals surface area contributed by atoms with E-state index in [0.29, 0.717) is 9.90 Å². The zero-order valence-corrected chi connectivity index (χ0v) is 11.7. The van der Waals surface area contributed by atoms with E-state index in [2.05, 4.69) is 10.5 Å². The minimum atomic E-state index is -0.256. The Labute approximate surface area is 114 Å². The Morgan fingerprint density at radius 3 is 2.83 bits per heavy atom. The maximum absolute atomic E-state index is 12.0. The molecule has 0 aliphatic rings. The van der Waals surface area contributed by atoms with Gasteiger partial charge in [-0.25, -0.2) is 5.43 Å². The lowest BCUT2D eigenvalue weighted by Gasteiger charge is -1.99. The number of nitrogens with one attached hydrogen (secondary N) is 1. The number of thiophene rings is 1. The number of hydrazone groups is 1. The van der Waals surface area contributed by atoms with Crippen molar-refractivity contribution in [2.75, 3.05) is 0 Å². The maximum atomic E-state index is 12.0. The molecule has 2 aromatic rings. The van der Waals surface area contributed by atoms with Gasteiger partial charge in [0.15, 0.2) is 0 Å². The summed E-state index contributed by atoms with van der Waals surface area (Å²) >= 11 is 7.58. The van der Waals surface area contributed by atoms with Crippen molar-refractivity contribution in [3.63, 3.8) is 0 Å². The first-order valence-electron chi connectivity index (χ1n) is 5.64. The van der Waals surface area contributed by atoms with Gasteiger partial charge < -0.3 is 0 Å². The number of carbonyl (C=O) groups excluding carboxylic acids is 1. The van der Waals surface area contributed by atoms with Crippen LogP contribution in [0, 0.1) is 0 Å². The van der Waals surface area contributed by atoms with Gasteiger partial charge in [0, 0.05) is 15.8 Å². The van der Waals surface area contributed by atoms with Crippen molar-refractivity contribution in [2.24, 2.45) is 5.10 Å². The summed E-state index contributed by atoms with van der Waals surface area (Å²) in [6.45, 7) is 3.85. The van der Waals surface area contributed by atoms with Gasteiger partial charge in [-0.1, -0.05) is 36.7 Å². The third kappa shape index (κ3) is 2.54. The summed E-state index contributed by atoms with van der Waals surface area (Å²) in [5.41, 5.74) is 3.40. The van der Waals surface area contributed by atoms with Crippen LogP contribution in [0.3, 0.4) is 0 Å². The van der Waals surface area contributed by atoms with Gasteiger partial charge in [0.25, 0.3) is 5.91 Å². The van der Waals surface area contributed by atoms with Crippen LogP contribution in [-0.2, 0) is 0 Å². The molecule has 1 aromatic carbocycles. The molecule has 0 saturated carbocycles. The van der Waals surface area contributed by atoms with Crippen molar-refractivity contribution in [3.8, 4) is 0 Å². The number of benzene rings is 1. The van der Waals surface area contributed by atoms with Crippen LogP contribution in [0.5, 0.6) is 0 Å². The second-order valence-corrected chi connectivity index (χ2v) is 5.31. The normalized spacial score (nSPS) is 11.8. The molecule has 0 atom stereocenters. The number of nitrogens with zero attached hydrogens (tertiary/aromatic N) is 1. The average Bonchev–Trinajstić information content (AvgIpc) is 2.73. The van der Waals surface area contributed by atoms with E-state index in [1.165, 1.54) is 11.3 Å². The van der Waals surface area contributed by atoms with Gasteiger partial charge in [-0.15, -0.1) is 11.3 Å². The highest BCUT2D eigenvalue weighted by molar-refractivity contribution is 7.21. The minimum Gasteiger partial charge on any atom is -0.266 e. The molecule has 2 rings (SSSR count). The summed E-state index contributed by atoms with van der Waals surface area (Å²) in [6, 6.07) is 7.69. The van der Waals surface area contributed by atoms with E-state index >= 15 is 0 Å². The second kappa shape index (κ2) is 5.50. The van der Waals surface area contributed by atoms with E-state index in [1.54, 1.807) is 0 Å². The molecule has 0 fully saturated rings. The summed E-state index contributed by atoms with van der Waals surface area (Å²) in [4.78, 5) is 12.5. The van der Waals surface area contributed by atoms with Crippen LogP contribution in [0.25, 0.3) is 10.1 Å². The van der Waals surface area contributed by atoms with Crippen molar-refractivity contribution >= 4 is 44.6 Å². The number of rotatable bonds is 3. The molecule has 0 bridgehead atoms. The number of halogens is 1. The first-order chi connectivity index (χ1) is 8.63. The molecular formula is C13H13ClN2OS. The molecule has 0 unspecified atom stereocenters. The molecule has 1 amide bonds. The molecule has 0 radical (unpaired) electrons. The van der Waals surface area contributed by atoms with Gasteiger partial charge in [0.1, 0.15) is 4.88 Å². The summed E-state index contributed by atoms with van der Waals surface area (Å²) in [6.07, 6.45) is 0.806. The van der Waals surface area contributed by atoms with E-state index in [0.717, 1.165) is 22.2 Å². The predicted molar refractivity (Wildman–Crippen MR) is 77.7 cm³/mol. The zero-order chi connectivity index (χ0) is 13.1. The van der Waals surface area contributed by atoms with Gasteiger partial charge in [-0.05, 0) is 19.4 Å². The molecule has 1 aromatic heterocycles. The van der Waals surface area contributed by atoms with Crippen molar-refractivity contribution in [2.45, 2.75) is 20.3 Å². The number of fused-ring (bicyclic) bond motifs is 1. The topological polar surface area (TPSA) is 41.5 Å². The Hall–Kier alpha value is -1.39. The smallest absolute Gasteiger partial charge is 0.266 e. The zero-order valence-electron chi connectivity index (χ0n) is 10.2. The van der Waals surface area contributed by atoms with Crippen LogP contribution in [0.4, 0.5) is 0 Å². The molecule has 94 valence electrons. The molecule has 3 nitrogen and oxygen atoms in total. The van der Waals surface area contributed by atoms with Gasteiger partial charge >= 0.3 is 0 Å². The molecule has 0 aliphatic heterocycles. The van der Waals surface area contributed by atoms with E-state index in [-0.39, 0.29) is 5.91 Å². The quantitative estimate of drug-likeness (QED) is 0.668. The Bertz CT molecular complexity index is 618. The van der Waals surface area contributed by atoms with E-state index in [1.807, 2.05) is 38.1 Å². The Kier molecular flexibility index (Phi) is 3.99. The van der Waals surface area contributed by atoms with Crippen LogP contribution >= 0.6 is 22.9 Å². The number of hydrogen-bond donors (Lipinski definition) is 1. The van der Waals surface area contributed by atoms with Crippen LogP contribution in [-0.4, -0.2) is 11.6 Å². The fourth-order valence-corrected chi connectivity index (χ4v) is 2.84. The monoisotopic (exact) mass is 280 g/mol. The van der Waals surface area contributed by atoms with Crippen molar-refractivity contribution in [1.29, 1.82) is 0 Å². The second-order valence-electron chi connectivity index (χ2n) is 3.88. The molecular weight excluding hydrogens is 268 g/mol. The van der Waals surface area contributed by atoms with E-state index in [4.69, 9.17) is 11.6 Å². The number of amides is 1. The molecule has 0 spiro atoms. The standard InChI is InChI=1S/C13H13ClN2OS/c1-3-8(2)15-16-13(17)12-11(14)9-6-4-5-7-10(9)18-12/h4-7H,3H2,1-2H3,(H,16,17). The highest BCUT2D eigenvalue weighted by Crippen LogP contribution is 2.34. The largest absolute Gasteiger partial charge is 0.283 e. The fraction of sp³-hybridized carbons (Fsp3) is 0.231. The molecule has 18 heavy (non-hydrogen) atoms. The van der Waals surface area contributed by atoms with Crippen molar-refractivity contribution in [1.82, 2.24) is 5.43 Å². The lowest BCUT2D eigenvalue weighted by atomic mass is 10.2. The first kappa shape index (κ1) is 13.1. The minimum absolute atomic E-state index is 0.256. The van der Waals surface area contributed by atoms with E-state index < -0.39 is 0 Å². The lowest BCUT2D eigenvalue weighted by Crippen LogP contribution is -2.18. The summed E-state index contributed by atoms with van der Waals surface area (Å²) in [5, 5.41) is 5.40. The van der Waals surface area contributed by atoms with Gasteiger partial charge in [0.05, 0.1) is 5.02 Å². The summed E-state index contributed by atoms with van der Waals surface area (Å²) in [5.74, 6) is -0.256. The van der Waals surface area contributed by atoms with Gasteiger partial charge in [-0.3, -0.25) is 4.79 Å². The van der Waals surface area contributed by atoms with Crippen LogP contribution in [0.2, 0.25) is 5.02 Å².